The number of hydrogen-bond acceptors (Lipinski definition) is 4. The summed E-state index contributed by atoms with van der Waals surface area (Å²) in [6.45, 7) is 5.22. The topological polar surface area (TPSA) is 34.7 Å². The van der Waals surface area contributed by atoms with Gasteiger partial charge in [-0.25, -0.2) is 0 Å². The number of nitrogens with one attached hydrogen (secondary N) is 1. The lowest BCUT2D eigenvalue weighted by atomic mass is 10.1. The van der Waals surface area contributed by atoms with Crippen LogP contribution in [0.25, 0.3) is 10.9 Å². The van der Waals surface area contributed by atoms with Gasteiger partial charge in [-0.3, -0.25) is 4.90 Å². The molecule has 1 aliphatic heterocycles. The van der Waals surface area contributed by atoms with E-state index in [4.69, 9.17) is 4.74 Å². The van der Waals surface area contributed by atoms with Crippen LogP contribution in [0.1, 0.15) is 5.56 Å². The van der Waals surface area contributed by atoms with Crippen LogP contribution < -0.4 is 14.5 Å². The van der Waals surface area contributed by atoms with E-state index in [0.29, 0.717) is 0 Å². The number of H-pyrrole nitrogens is 1. The molecule has 2 heterocycles. The number of para-hydroxylation sites is 3. The summed E-state index contributed by atoms with van der Waals surface area (Å²) in [5, 5.41) is 1.35. The fourth-order valence-electron chi connectivity index (χ4n) is 4.59. The smallest absolute Gasteiger partial charge is 0.150 e. The van der Waals surface area contributed by atoms with Gasteiger partial charge in [-0.1, -0.05) is 36.4 Å². The summed E-state index contributed by atoms with van der Waals surface area (Å²) in [5.74, 6) is 1.78. The van der Waals surface area contributed by atoms with E-state index < -0.39 is 0 Å². The molecule has 0 radical (unpaired) electrons. The molecule has 1 saturated heterocycles. The minimum atomic E-state index is 0.867. The number of ether oxygens (including phenoxy) is 1. The maximum atomic E-state index is 6.33. The number of anilines is 2. The molecule has 1 N–H and O–H groups in total. The van der Waals surface area contributed by atoms with E-state index in [2.05, 4.69) is 80.5 Å². The Labute approximate surface area is 196 Å². The monoisotopic (exact) mass is 440 g/mol. The minimum Gasteiger partial charge on any atom is -0.455 e. The molecule has 5 heteroatoms. The summed E-state index contributed by atoms with van der Waals surface area (Å²) in [6, 6.07) is 25.2. The predicted octanol–water partition coefficient (Wildman–Crippen LogP) is 5.39. The lowest BCUT2D eigenvalue weighted by molar-refractivity contribution is 0.260. The molecule has 170 valence electrons. The number of piperazine rings is 1. The number of rotatable bonds is 7. The number of fused-ring (bicyclic) bond motifs is 1. The van der Waals surface area contributed by atoms with Crippen molar-refractivity contribution in [2.24, 2.45) is 0 Å². The third kappa shape index (κ3) is 4.83. The van der Waals surface area contributed by atoms with Crippen molar-refractivity contribution in [3.8, 4) is 11.5 Å². The van der Waals surface area contributed by atoms with E-state index >= 15 is 0 Å². The lowest BCUT2D eigenvalue weighted by Crippen LogP contribution is -2.47. The molecular formula is C28H32N4O. The summed E-state index contributed by atoms with van der Waals surface area (Å²) in [4.78, 5) is 10.5. The Balaban J connectivity index is 1.21. The first-order valence-electron chi connectivity index (χ1n) is 11.7. The Kier molecular flexibility index (Phi) is 6.22. The van der Waals surface area contributed by atoms with Crippen molar-refractivity contribution in [1.29, 1.82) is 0 Å². The quantitative estimate of drug-likeness (QED) is 0.418. The van der Waals surface area contributed by atoms with E-state index in [1.807, 2.05) is 32.3 Å². The van der Waals surface area contributed by atoms with Gasteiger partial charge in [0.05, 0.1) is 5.69 Å². The molecule has 0 saturated carbocycles. The molecule has 1 aliphatic rings. The fourth-order valence-corrected chi connectivity index (χ4v) is 4.59. The van der Waals surface area contributed by atoms with Gasteiger partial charge in [0.15, 0.2) is 5.75 Å². The van der Waals surface area contributed by atoms with Crippen molar-refractivity contribution >= 4 is 22.3 Å². The Bertz CT molecular complexity index is 1210. The van der Waals surface area contributed by atoms with Crippen LogP contribution in [0.3, 0.4) is 0 Å². The number of aromatic amines is 1. The summed E-state index contributed by atoms with van der Waals surface area (Å²) in [5.41, 5.74) is 4.94. The maximum absolute atomic E-state index is 6.33. The van der Waals surface area contributed by atoms with Crippen LogP contribution in [0.2, 0.25) is 0 Å². The molecule has 0 bridgehead atoms. The first-order chi connectivity index (χ1) is 16.2. The van der Waals surface area contributed by atoms with E-state index in [-0.39, 0.29) is 0 Å². The van der Waals surface area contributed by atoms with Crippen LogP contribution >= 0.6 is 0 Å². The van der Waals surface area contributed by atoms with Gasteiger partial charge >= 0.3 is 0 Å². The Morgan fingerprint density at radius 3 is 2.52 bits per heavy atom. The zero-order valence-electron chi connectivity index (χ0n) is 19.5. The van der Waals surface area contributed by atoms with Crippen LogP contribution in [0, 0.1) is 0 Å². The van der Waals surface area contributed by atoms with Gasteiger partial charge in [-0.2, -0.15) is 0 Å². The number of nitrogens with zero attached hydrogens (tertiary/aromatic N) is 3. The predicted molar refractivity (Wildman–Crippen MR) is 138 cm³/mol. The first-order valence-corrected chi connectivity index (χ1v) is 11.7. The first kappa shape index (κ1) is 21.4. The summed E-state index contributed by atoms with van der Waals surface area (Å²) < 4.78 is 6.33. The van der Waals surface area contributed by atoms with Gasteiger partial charge in [-0.05, 0) is 42.3 Å². The van der Waals surface area contributed by atoms with Gasteiger partial charge in [0.2, 0.25) is 0 Å². The standard InChI is InChI=1S/C28H32N4O/c1-30(2)23-8-7-9-24(20-23)33-28-13-6-5-12-27(28)32-18-16-31(17-19-32)15-14-22-21-29-26-11-4-3-10-25(22)26/h3-13,20-21,29H,14-19H2,1-2H3. The third-order valence-corrected chi connectivity index (χ3v) is 6.51. The van der Waals surface area contributed by atoms with Crippen molar-refractivity contribution in [2.75, 3.05) is 56.6 Å². The molecule has 4 aromatic rings. The maximum Gasteiger partial charge on any atom is 0.150 e. The highest BCUT2D eigenvalue weighted by atomic mass is 16.5. The van der Waals surface area contributed by atoms with Crippen LogP contribution in [-0.2, 0) is 6.42 Å². The third-order valence-electron chi connectivity index (χ3n) is 6.51. The van der Waals surface area contributed by atoms with E-state index in [0.717, 1.165) is 56.3 Å². The zero-order valence-corrected chi connectivity index (χ0v) is 19.5. The SMILES string of the molecule is CN(C)c1cccc(Oc2ccccc2N2CCN(CCc3c[nH]c4ccccc34)CC2)c1. The average molecular weight is 441 g/mol. The highest BCUT2D eigenvalue weighted by Gasteiger charge is 2.20. The van der Waals surface area contributed by atoms with Gasteiger partial charge in [0.25, 0.3) is 0 Å². The van der Waals surface area contributed by atoms with Crippen molar-refractivity contribution < 1.29 is 4.74 Å². The Hall–Kier alpha value is -3.44. The summed E-state index contributed by atoms with van der Waals surface area (Å²) in [7, 11) is 4.09. The van der Waals surface area contributed by atoms with Crippen molar-refractivity contribution in [2.45, 2.75) is 6.42 Å². The van der Waals surface area contributed by atoms with Crippen LogP contribution in [0.4, 0.5) is 11.4 Å². The average Bonchev–Trinajstić information content (AvgIpc) is 3.27. The Morgan fingerprint density at radius 2 is 1.67 bits per heavy atom. The molecule has 0 aliphatic carbocycles. The highest BCUT2D eigenvalue weighted by molar-refractivity contribution is 5.83. The van der Waals surface area contributed by atoms with Crippen LogP contribution in [0.5, 0.6) is 11.5 Å². The van der Waals surface area contributed by atoms with Crippen molar-refractivity contribution in [3.05, 3.63) is 84.6 Å². The molecule has 3 aromatic carbocycles. The summed E-state index contributed by atoms with van der Waals surface area (Å²) in [6.07, 6.45) is 3.24. The highest BCUT2D eigenvalue weighted by Crippen LogP contribution is 2.34. The molecule has 1 fully saturated rings. The normalized spacial score (nSPS) is 14.5. The van der Waals surface area contributed by atoms with Crippen LogP contribution in [-0.4, -0.2) is 56.7 Å². The molecule has 0 atom stereocenters. The van der Waals surface area contributed by atoms with E-state index in [1.165, 1.54) is 22.2 Å². The van der Waals surface area contributed by atoms with Crippen molar-refractivity contribution in [1.82, 2.24) is 9.88 Å². The number of hydrogen-bond donors (Lipinski definition) is 1. The number of aromatic nitrogens is 1. The zero-order chi connectivity index (χ0) is 22.6. The molecule has 0 amide bonds. The summed E-state index contributed by atoms with van der Waals surface area (Å²) >= 11 is 0. The van der Waals surface area contributed by atoms with Gasteiger partial charge in [0.1, 0.15) is 5.75 Å². The molecule has 5 nitrogen and oxygen atoms in total. The second-order valence-electron chi connectivity index (χ2n) is 8.90. The van der Waals surface area contributed by atoms with Gasteiger partial charge < -0.3 is 19.5 Å². The molecule has 33 heavy (non-hydrogen) atoms. The molecule has 0 unspecified atom stereocenters. The lowest BCUT2D eigenvalue weighted by Gasteiger charge is -2.36. The molecular weight excluding hydrogens is 408 g/mol. The minimum absolute atomic E-state index is 0.867. The van der Waals surface area contributed by atoms with E-state index in [1.54, 1.807) is 0 Å². The van der Waals surface area contributed by atoms with Crippen molar-refractivity contribution in [3.63, 3.8) is 0 Å². The number of benzene rings is 3. The molecule has 1 aromatic heterocycles. The molecule has 0 spiro atoms. The van der Waals surface area contributed by atoms with Gasteiger partial charge in [0, 0.05) is 75.7 Å². The Morgan fingerprint density at radius 1 is 0.879 bits per heavy atom. The molecule has 5 rings (SSSR count). The second kappa shape index (κ2) is 9.59. The largest absolute Gasteiger partial charge is 0.455 e. The van der Waals surface area contributed by atoms with E-state index in [9.17, 15) is 0 Å². The van der Waals surface area contributed by atoms with Crippen LogP contribution in [0.15, 0.2) is 79.0 Å². The fraction of sp³-hybridized carbons (Fsp3) is 0.286. The second-order valence-corrected chi connectivity index (χ2v) is 8.90. The van der Waals surface area contributed by atoms with Gasteiger partial charge in [-0.15, -0.1) is 0 Å².